The number of carbonyl (C=O) groups excluding carboxylic acids is 1. The van der Waals surface area contributed by atoms with E-state index in [4.69, 9.17) is 25.7 Å². The number of thioether (sulfide) groups is 1. The number of ether oxygens (including phenoxy) is 3. The van der Waals surface area contributed by atoms with Crippen LogP contribution in [-0.2, 0) is 11.3 Å². The molecule has 0 radical (unpaired) electrons. The molecule has 1 amide bonds. The van der Waals surface area contributed by atoms with E-state index in [1.165, 1.54) is 11.8 Å². The number of hydrogen-bond acceptors (Lipinski definition) is 10. The number of aromatic nitrogens is 4. The molecule has 2 heterocycles. The smallest absolute Gasteiger partial charge is 0.230 e. The summed E-state index contributed by atoms with van der Waals surface area (Å²) in [5.41, 5.74) is 12.9. The van der Waals surface area contributed by atoms with Gasteiger partial charge in [-0.25, -0.2) is 4.98 Å². The first-order valence-electron chi connectivity index (χ1n) is 8.42. The Morgan fingerprint density at radius 1 is 1.07 bits per heavy atom. The van der Waals surface area contributed by atoms with Gasteiger partial charge in [0.2, 0.25) is 11.9 Å². The van der Waals surface area contributed by atoms with E-state index < -0.39 is 0 Å². The first kappa shape index (κ1) is 20.3. The number of benzene rings is 1. The van der Waals surface area contributed by atoms with Gasteiger partial charge in [0.05, 0.1) is 27.1 Å². The zero-order valence-electron chi connectivity index (χ0n) is 16.1. The molecule has 0 atom stereocenters. The van der Waals surface area contributed by atoms with E-state index in [-0.39, 0.29) is 30.0 Å². The number of anilines is 2. The molecule has 0 saturated heterocycles. The standard InChI is InChI=1S/C17H21N7O4S/c1-26-9-5-11(28-3)10(27-2)4-8(9)6-20-12(25)7-29-17-21-13-14(18)22-16(19)23-15(13)24-17/h4-5H,6-7H2,1-3H3,(H,20,25)(H5,18,19,21,22,23,24). The number of amides is 1. The zero-order chi connectivity index (χ0) is 21.0. The minimum absolute atomic E-state index is 0.0414. The number of nitrogens with zero attached hydrogens (tertiary/aromatic N) is 3. The van der Waals surface area contributed by atoms with Crippen molar-refractivity contribution in [3.05, 3.63) is 17.7 Å². The Hall–Kier alpha value is -3.41. The number of hydrogen-bond donors (Lipinski definition) is 4. The molecule has 3 aromatic rings. The average molecular weight is 419 g/mol. The first-order valence-corrected chi connectivity index (χ1v) is 9.40. The highest BCUT2D eigenvalue weighted by Gasteiger charge is 2.14. The van der Waals surface area contributed by atoms with Crippen LogP contribution in [0, 0.1) is 0 Å². The third kappa shape index (κ3) is 4.54. The molecule has 0 bridgehead atoms. The summed E-state index contributed by atoms with van der Waals surface area (Å²) in [5, 5.41) is 3.33. The molecule has 3 rings (SSSR count). The van der Waals surface area contributed by atoms with Gasteiger partial charge in [0.15, 0.2) is 28.1 Å². The first-order chi connectivity index (χ1) is 13.9. The third-order valence-electron chi connectivity index (χ3n) is 3.98. The van der Waals surface area contributed by atoms with Crippen LogP contribution in [0.5, 0.6) is 17.2 Å². The van der Waals surface area contributed by atoms with Crippen molar-refractivity contribution in [1.82, 2.24) is 25.3 Å². The lowest BCUT2D eigenvalue weighted by molar-refractivity contribution is -0.118. The number of H-pyrrole nitrogens is 1. The summed E-state index contributed by atoms with van der Waals surface area (Å²) < 4.78 is 15.9. The third-order valence-corrected chi connectivity index (χ3v) is 4.85. The van der Waals surface area contributed by atoms with E-state index in [9.17, 15) is 4.79 Å². The second-order valence-corrected chi connectivity index (χ2v) is 6.76. The van der Waals surface area contributed by atoms with E-state index >= 15 is 0 Å². The summed E-state index contributed by atoms with van der Waals surface area (Å²) in [6.07, 6.45) is 0. The van der Waals surface area contributed by atoms with Crippen LogP contribution in [0.1, 0.15) is 5.56 Å². The van der Waals surface area contributed by atoms with Crippen molar-refractivity contribution in [1.29, 1.82) is 0 Å². The van der Waals surface area contributed by atoms with Gasteiger partial charge in [-0.1, -0.05) is 11.8 Å². The Bertz CT molecular complexity index is 1040. The topological polar surface area (TPSA) is 163 Å². The molecule has 0 spiro atoms. The van der Waals surface area contributed by atoms with Gasteiger partial charge in [-0.3, -0.25) is 4.79 Å². The van der Waals surface area contributed by atoms with Crippen molar-refractivity contribution in [2.24, 2.45) is 0 Å². The van der Waals surface area contributed by atoms with Crippen molar-refractivity contribution in [2.75, 3.05) is 38.5 Å². The molecule has 1 aromatic carbocycles. The van der Waals surface area contributed by atoms with Crippen molar-refractivity contribution < 1.29 is 19.0 Å². The maximum Gasteiger partial charge on any atom is 0.230 e. The number of nitrogens with one attached hydrogen (secondary N) is 2. The summed E-state index contributed by atoms with van der Waals surface area (Å²) in [5.74, 6) is 1.87. The van der Waals surface area contributed by atoms with Crippen LogP contribution in [0.2, 0.25) is 0 Å². The summed E-state index contributed by atoms with van der Waals surface area (Å²) in [6, 6.07) is 3.47. The largest absolute Gasteiger partial charge is 0.496 e. The molecule has 0 saturated carbocycles. The number of nitrogen functional groups attached to an aromatic ring is 2. The Balaban J connectivity index is 1.62. The van der Waals surface area contributed by atoms with Gasteiger partial charge in [-0.2, -0.15) is 9.97 Å². The normalized spacial score (nSPS) is 10.7. The molecule has 0 aliphatic carbocycles. The molecule has 12 heteroatoms. The maximum atomic E-state index is 12.3. The fourth-order valence-electron chi connectivity index (χ4n) is 2.59. The molecule has 2 aromatic heterocycles. The number of carbonyl (C=O) groups is 1. The molecule has 11 nitrogen and oxygen atoms in total. The number of fused-ring (bicyclic) bond motifs is 1. The predicted molar refractivity (Wildman–Crippen MR) is 109 cm³/mol. The monoisotopic (exact) mass is 419 g/mol. The molecule has 154 valence electrons. The van der Waals surface area contributed by atoms with Crippen molar-refractivity contribution in [2.45, 2.75) is 11.7 Å². The molecular formula is C17H21N7O4S. The lowest BCUT2D eigenvalue weighted by Crippen LogP contribution is -2.24. The Kier molecular flexibility index (Phi) is 6.12. The fraction of sp³-hybridized carbons (Fsp3) is 0.294. The van der Waals surface area contributed by atoms with E-state index in [1.54, 1.807) is 33.5 Å². The minimum Gasteiger partial charge on any atom is -0.496 e. The van der Waals surface area contributed by atoms with Crippen molar-refractivity contribution >= 4 is 40.6 Å². The van der Waals surface area contributed by atoms with Crippen LogP contribution < -0.4 is 31.0 Å². The second-order valence-electron chi connectivity index (χ2n) is 5.79. The molecule has 0 aliphatic rings. The number of methoxy groups -OCH3 is 3. The van der Waals surface area contributed by atoms with E-state index in [1.807, 2.05) is 0 Å². The Morgan fingerprint density at radius 2 is 1.76 bits per heavy atom. The lowest BCUT2D eigenvalue weighted by Gasteiger charge is -2.14. The highest BCUT2D eigenvalue weighted by atomic mass is 32.2. The Morgan fingerprint density at radius 3 is 2.45 bits per heavy atom. The van der Waals surface area contributed by atoms with Crippen LogP contribution in [0.25, 0.3) is 11.2 Å². The molecule has 0 fully saturated rings. The van der Waals surface area contributed by atoms with Crippen LogP contribution in [0.4, 0.5) is 11.8 Å². The molecule has 29 heavy (non-hydrogen) atoms. The summed E-state index contributed by atoms with van der Waals surface area (Å²) in [7, 11) is 4.63. The predicted octanol–water partition coefficient (Wildman–Crippen LogP) is 0.952. The summed E-state index contributed by atoms with van der Waals surface area (Å²) >= 11 is 1.21. The van der Waals surface area contributed by atoms with Crippen LogP contribution in [0.15, 0.2) is 17.3 Å². The van der Waals surface area contributed by atoms with Crippen LogP contribution >= 0.6 is 11.8 Å². The minimum atomic E-state index is -0.189. The van der Waals surface area contributed by atoms with Gasteiger partial charge in [-0.05, 0) is 6.07 Å². The van der Waals surface area contributed by atoms with Gasteiger partial charge in [-0.15, -0.1) is 0 Å². The number of nitrogens with two attached hydrogens (primary N) is 2. The average Bonchev–Trinajstić information content (AvgIpc) is 3.13. The highest BCUT2D eigenvalue weighted by molar-refractivity contribution is 7.99. The van der Waals surface area contributed by atoms with E-state index in [0.717, 1.165) is 5.56 Å². The zero-order valence-corrected chi connectivity index (χ0v) is 16.9. The highest BCUT2D eigenvalue weighted by Crippen LogP contribution is 2.34. The molecular weight excluding hydrogens is 398 g/mol. The van der Waals surface area contributed by atoms with Gasteiger partial charge >= 0.3 is 0 Å². The Labute approximate surface area is 170 Å². The van der Waals surface area contributed by atoms with Gasteiger partial charge in [0.1, 0.15) is 11.3 Å². The SMILES string of the molecule is COc1cc(OC)c(OC)cc1CNC(=O)CSc1nc2nc(N)nc(N)c2[nH]1. The molecule has 6 N–H and O–H groups in total. The number of aromatic amines is 1. The van der Waals surface area contributed by atoms with Gasteiger partial charge in [0, 0.05) is 18.2 Å². The van der Waals surface area contributed by atoms with Crippen molar-refractivity contribution in [3.63, 3.8) is 0 Å². The molecule has 0 aliphatic heterocycles. The van der Waals surface area contributed by atoms with Crippen molar-refractivity contribution in [3.8, 4) is 17.2 Å². The quantitative estimate of drug-likeness (QED) is 0.386. The molecule has 0 unspecified atom stereocenters. The number of rotatable bonds is 8. The maximum absolute atomic E-state index is 12.3. The van der Waals surface area contributed by atoms with E-state index in [0.29, 0.717) is 33.6 Å². The van der Waals surface area contributed by atoms with E-state index in [2.05, 4.69) is 25.3 Å². The summed E-state index contributed by atoms with van der Waals surface area (Å²) in [4.78, 5) is 27.4. The van der Waals surface area contributed by atoms with Crippen LogP contribution in [-0.4, -0.2) is 52.9 Å². The lowest BCUT2D eigenvalue weighted by atomic mass is 10.1. The van der Waals surface area contributed by atoms with Gasteiger partial charge < -0.3 is 36.0 Å². The second kappa shape index (κ2) is 8.73. The van der Waals surface area contributed by atoms with Gasteiger partial charge in [0.25, 0.3) is 0 Å². The summed E-state index contributed by atoms with van der Waals surface area (Å²) in [6.45, 7) is 0.262. The number of imidazole rings is 1. The van der Waals surface area contributed by atoms with Crippen LogP contribution in [0.3, 0.4) is 0 Å². The fourth-order valence-corrected chi connectivity index (χ4v) is 3.29.